The highest BCUT2D eigenvalue weighted by Crippen LogP contribution is 2.27. The molecule has 1 rings (SSSR count). The van der Waals surface area contributed by atoms with Gasteiger partial charge in [-0.15, -0.1) is 0 Å². The van der Waals surface area contributed by atoms with Crippen LogP contribution in [0.1, 0.15) is 20.8 Å². The first-order chi connectivity index (χ1) is 4.50. The lowest BCUT2D eigenvalue weighted by atomic mass is 9.82. The van der Waals surface area contributed by atoms with Crippen LogP contribution in [0.25, 0.3) is 0 Å². The van der Waals surface area contributed by atoms with Crippen molar-refractivity contribution in [2.75, 3.05) is 13.6 Å². The summed E-state index contributed by atoms with van der Waals surface area (Å²) in [7, 11) is 2.02. The molecule has 0 radical (unpaired) electrons. The average molecular weight is 140 g/mol. The quantitative estimate of drug-likeness (QED) is 0.499. The second-order valence-electron chi connectivity index (χ2n) is 4.08. The monoisotopic (exact) mass is 140 g/mol. The van der Waals surface area contributed by atoms with Crippen molar-refractivity contribution >= 4 is 6.21 Å². The third-order valence-corrected chi connectivity index (χ3v) is 2.02. The molecular formula is C8H16N2. The second-order valence-corrected chi connectivity index (χ2v) is 4.08. The Morgan fingerprint density at radius 3 is 2.30 bits per heavy atom. The van der Waals surface area contributed by atoms with E-state index in [2.05, 4.69) is 32.1 Å². The van der Waals surface area contributed by atoms with E-state index in [-0.39, 0.29) is 0 Å². The molecule has 0 N–H and O–H groups in total. The number of hydrazone groups is 1. The molecule has 0 fully saturated rings. The van der Waals surface area contributed by atoms with Crippen molar-refractivity contribution in [3.05, 3.63) is 0 Å². The van der Waals surface area contributed by atoms with Crippen molar-refractivity contribution in [1.29, 1.82) is 0 Å². The van der Waals surface area contributed by atoms with Gasteiger partial charge in [0.2, 0.25) is 0 Å². The van der Waals surface area contributed by atoms with Crippen LogP contribution < -0.4 is 0 Å². The molecule has 0 aromatic rings. The van der Waals surface area contributed by atoms with Crippen LogP contribution in [0, 0.1) is 11.3 Å². The molecule has 1 aliphatic rings. The Kier molecular flexibility index (Phi) is 1.71. The Morgan fingerprint density at radius 2 is 2.10 bits per heavy atom. The van der Waals surface area contributed by atoms with Crippen LogP contribution in [-0.2, 0) is 0 Å². The molecule has 0 amide bonds. The van der Waals surface area contributed by atoms with Crippen LogP contribution in [0.15, 0.2) is 5.10 Å². The van der Waals surface area contributed by atoms with Gasteiger partial charge >= 0.3 is 0 Å². The van der Waals surface area contributed by atoms with Crippen molar-refractivity contribution in [2.45, 2.75) is 20.8 Å². The summed E-state index contributed by atoms with van der Waals surface area (Å²) < 4.78 is 0. The molecule has 0 aliphatic carbocycles. The molecule has 1 atom stereocenters. The summed E-state index contributed by atoms with van der Waals surface area (Å²) in [5, 5.41) is 6.19. The fourth-order valence-electron chi connectivity index (χ4n) is 1.07. The van der Waals surface area contributed by atoms with E-state index in [0.29, 0.717) is 11.3 Å². The SMILES string of the molecule is CN1CC(C(C)(C)C)C=N1. The van der Waals surface area contributed by atoms with Gasteiger partial charge in [0.05, 0.1) is 0 Å². The fourth-order valence-corrected chi connectivity index (χ4v) is 1.07. The van der Waals surface area contributed by atoms with Crippen LogP contribution in [0.4, 0.5) is 0 Å². The van der Waals surface area contributed by atoms with Gasteiger partial charge in [0.15, 0.2) is 0 Å². The summed E-state index contributed by atoms with van der Waals surface area (Å²) in [6.07, 6.45) is 2.06. The number of rotatable bonds is 0. The van der Waals surface area contributed by atoms with Gasteiger partial charge in [-0.2, -0.15) is 5.10 Å². The minimum Gasteiger partial charge on any atom is -0.300 e. The predicted octanol–water partition coefficient (Wildman–Crippen LogP) is 1.58. The fraction of sp³-hybridized carbons (Fsp3) is 0.875. The minimum absolute atomic E-state index is 0.369. The first-order valence-electron chi connectivity index (χ1n) is 3.75. The summed E-state index contributed by atoms with van der Waals surface area (Å²) >= 11 is 0. The standard InChI is InChI=1S/C8H16N2/c1-8(2,3)7-5-9-10(4)6-7/h5,7H,6H2,1-4H3. The molecular weight excluding hydrogens is 124 g/mol. The molecule has 0 aromatic heterocycles. The van der Waals surface area contributed by atoms with E-state index in [0.717, 1.165) is 6.54 Å². The first-order valence-corrected chi connectivity index (χ1v) is 3.75. The molecule has 1 unspecified atom stereocenters. The zero-order valence-electron chi connectivity index (χ0n) is 7.26. The third kappa shape index (κ3) is 1.49. The Hall–Kier alpha value is -0.530. The van der Waals surface area contributed by atoms with Crippen LogP contribution >= 0.6 is 0 Å². The summed E-state index contributed by atoms with van der Waals surface area (Å²) in [6, 6.07) is 0. The molecule has 1 heterocycles. The molecule has 0 saturated heterocycles. The van der Waals surface area contributed by atoms with E-state index in [4.69, 9.17) is 0 Å². The van der Waals surface area contributed by atoms with Crippen molar-refractivity contribution < 1.29 is 0 Å². The van der Waals surface area contributed by atoms with Gasteiger partial charge in [0.1, 0.15) is 0 Å². The largest absolute Gasteiger partial charge is 0.300 e. The van der Waals surface area contributed by atoms with Crippen molar-refractivity contribution in [3.63, 3.8) is 0 Å². The Balaban J connectivity index is 2.55. The van der Waals surface area contributed by atoms with Gasteiger partial charge in [-0.3, -0.25) is 5.01 Å². The van der Waals surface area contributed by atoms with Crippen LogP contribution in [0.5, 0.6) is 0 Å². The van der Waals surface area contributed by atoms with Crippen molar-refractivity contribution in [2.24, 2.45) is 16.4 Å². The molecule has 0 spiro atoms. The van der Waals surface area contributed by atoms with E-state index >= 15 is 0 Å². The highest BCUT2D eigenvalue weighted by Gasteiger charge is 2.27. The van der Waals surface area contributed by atoms with Crippen molar-refractivity contribution in [3.8, 4) is 0 Å². The normalized spacial score (nSPS) is 26.0. The predicted molar refractivity (Wildman–Crippen MR) is 44.1 cm³/mol. The average Bonchev–Trinajstić information content (AvgIpc) is 2.11. The number of hydrogen-bond donors (Lipinski definition) is 0. The topological polar surface area (TPSA) is 15.6 Å². The molecule has 58 valence electrons. The van der Waals surface area contributed by atoms with Gasteiger partial charge in [-0.05, 0) is 5.41 Å². The molecule has 0 bridgehead atoms. The smallest absolute Gasteiger partial charge is 0.0440 e. The number of hydrogen-bond acceptors (Lipinski definition) is 2. The van der Waals surface area contributed by atoms with Gasteiger partial charge in [0.25, 0.3) is 0 Å². The Morgan fingerprint density at radius 1 is 1.50 bits per heavy atom. The third-order valence-electron chi connectivity index (χ3n) is 2.02. The summed E-state index contributed by atoms with van der Waals surface area (Å²) in [5.41, 5.74) is 0.369. The zero-order valence-corrected chi connectivity index (χ0v) is 7.26. The van der Waals surface area contributed by atoms with Crippen LogP contribution in [-0.4, -0.2) is 24.8 Å². The lowest BCUT2D eigenvalue weighted by Crippen LogP contribution is -2.25. The maximum Gasteiger partial charge on any atom is 0.0440 e. The molecule has 10 heavy (non-hydrogen) atoms. The Bertz CT molecular complexity index is 144. The van der Waals surface area contributed by atoms with Gasteiger partial charge < -0.3 is 0 Å². The maximum absolute atomic E-state index is 4.19. The van der Waals surface area contributed by atoms with Gasteiger partial charge in [0, 0.05) is 25.7 Å². The minimum atomic E-state index is 0.369. The lowest BCUT2D eigenvalue weighted by molar-refractivity contribution is 0.258. The van der Waals surface area contributed by atoms with Crippen molar-refractivity contribution in [1.82, 2.24) is 5.01 Å². The van der Waals surface area contributed by atoms with E-state index < -0.39 is 0 Å². The summed E-state index contributed by atoms with van der Waals surface area (Å²) in [6.45, 7) is 7.83. The zero-order chi connectivity index (χ0) is 7.78. The van der Waals surface area contributed by atoms with Crippen LogP contribution in [0.2, 0.25) is 0 Å². The highest BCUT2D eigenvalue weighted by atomic mass is 15.4. The summed E-state index contributed by atoms with van der Waals surface area (Å²) in [4.78, 5) is 0. The molecule has 2 heteroatoms. The molecule has 0 saturated carbocycles. The Labute approximate surface area is 62.9 Å². The maximum atomic E-state index is 4.19. The molecule has 1 aliphatic heterocycles. The number of nitrogens with zero attached hydrogens (tertiary/aromatic N) is 2. The van der Waals surface area contributed by atoms with E-state index in [1.165, 1.54) is 0 Å². The van der Waals surface area contributed by atoms with Gasteiger partial charge in [-0.25, -0.2) is 0 Å². The molecule has 2 nitrogen and oxygen atoms in total. The van der Waals surface area contributed by atoms with Gasteiger partial charge in [-0.1, -0.05) is 20.8 Å². The van der Waals surface area contributed by atoms with E-state index in [1.54, 1.807) is 0 Å². The van der Waals surface area contributed by atoms with E-state index in [1.807, 2.05) is 12.1 Å². The summed E-state index contributed by atoms with van der Waals surface area (Å²) in [5.74, 6) is 0.623. The lowest BCUT2D eigenvalue weighted by Gasteiger charge is -2.24. The highest BCUT2D eigenvalue weighted by molar-refractivity contribution is 5.63. The first kappa shape index (κ1) is 7.58. The molecule has 0 aromatic carbocycles. The van der Waals surface area contributed by atoms with E-state index in [9.17, 15) is 0 Å². The van der Waals surface area contributed by atoms with Crippen LogP contribution in [0.3, 0.4) is 0 Å². The second kappa shape index (κ2) is 2.26.